The second kappa shape index (κ2) is 6.43. The van der Waals surface area contributed by atoms with Crippen LogP contribution in [-0.2, 0) is 0 Å². The summed E-state index contributed by atoms with van der Waals surface area (Å²) in [5.41, 5.74) is 1.97. The molecule has 0 aliphatic rings. The number of aliphatic hydroxyl groups excluding tert-OH is 1. The van der Waals surface area contributed by atoms with Gasteiger partial charge in [0.1, 0.15) is 0 Å². The summed E-state index contributed by atoms with van der Waals surface area (Å²) < 4.78 is 0. The maximum atomic E-state index is 9.98. The van der Waals surface area contributed by atoms with E-state index in [1.807, 2.05) is 54.6 Å². The Hall–Kier alpha value is -1.51. The molecule has 0 bridgehead atoms. The third kappa shape index (κ3) is 3.76. The molecule has 3 heteroatoms. The molecule has 0 heterocycles. The van der Waals surface area contributed by atoms with Crippen molar-refractivity contribution >= 4 is 17.3 Å². The fraction of sp³-hybridized carbons (Fsp3) is 0.200. The van der Waals surface area contributed by atoms with Crippen molar-refractivity contribution in [2.75, 3.05) is 11.9 Å². The first kappa shape index (κ1) is 12.9. The van der Waals surface area contributed by atoms with Crippen molar-refractivity contribution in [3.8, 4) is 0 Å². The minimum atomic E-state index is -0.425. The first-order valence-corrected chi connectivity index (χ1v) is 6.36. The van der Waals surface area contributed by atoms with Crippen LogP contribution in [0.3, 0.4) is 0 Å². The summed E-state index contributed by atoms with van der Waals surface area (Å²) in [6.45, 7) is 0.720. The molecule has 18 heavy (non-hydrogen) atoms. The van der Waals surface area contributed by atoms with Gasteiger partial charge in [-0.1, -0.05) is 41.9 Å². The van der Waals surface area contributed by atoms with Gasteiger partial charge in [-0.05, 0) is 36.2 Å². The minimum Gasteiger partial charge on any atom is -0.388 e. The lowest BCUT2D eigenvalue weighted by atomic mass is 10.1. The van der Waals surface area contributed by atoms with E-state index in [1.165, 1.54) is 0 Å². The van der Waals surface area contributed by atoms with Crippen LogP contribution in [0.1, 0.15) is 18.1 Å². The highest BCUT2D eigenvalue weighted by Crippen LogP contribution is 2.17. The van der Waals surface area contributed by atoms with Gasteiger partial charge in [0, 0.05) is 17.3 Å². The molecule has 2 rings (SSSR count). The van der Waals surface area contributed by atoms with Crippen molar-refractivity contribution in [2.45, 2.75) is 12.5 Å². The quantitative estimate of drug-likeness (QED) is 0.856. The van der Waals surface area contributed by atoms with Crippen LogP contribution in [0.4, 0.5) is 5.69 Å². The number of halogens is 1. The average molecular weight is 262 g/mol. The summed E-state index contributed by atoms with van der Waals surface area (Å²) in [5.74, 6) is 0. The number of benzene rings is 2. The topological polar surface area (TPSA) is 32.3 Å². The Bertz CT molecular complexity index is 470. The zero-order valence-electron chi connectivity index (χ0n) is 10.0. The van der Waals surface area contributed by atoms with Crippen molar-refractivity contribution < 1.29 is 5.11 Å². The highest BCUT2D eigenvalue weighted by atomic mass is 35.5. The van der Waals surface area contributed by atoms with Crippen LogP contribution in [0.2, 0.25) is 5.02 Å². The van der Waals surface area contributed by atoms with Gasteiger partial charge in [0.25, 0.3) is 0 Å². The van der Waals surface area contributed by atoms with Gasteiger partial charge in [0.05, 0.1) is 6.10 Å². The Morgan fingerprint density at radius 3 is 2.33 bits per heavy atom. The van der Waals surface area contributed by atoms with E-state index < -0.39 is 6.10 Å². The highest BCUT2D eigenvalue weighted by molar-refractivity contribution is 6.30. The third-order valence-electron chi connectivity index (χ3n) is 2.78. The molecule has 2 aromatic rings. The Morgan fingerprint density at radius 2 is 1.67 bits per heavy atom. The van der Waals surface area contributed by atoms with Crippen LogP contribution in [0.25, 0.3) is 0 Å². The monoisotopic (exact) mass is 261 g/mol. The lowest BCUT2D eigenvalue weighted by molar-refractivity contribution is 0.171. The summed E-state index contributed by atoms with van der Waals surface area (Å²) in [6, 6.07) is 17.2. The van der Waals surface area contributed by atoms with Crippen LogP contribution in [-0.4, -0.2) is 11.7 Å². The minimum absolute atomic E-state index is 0.425. The molecule has 0 saturated carbocycles. The van der Waals surface area contributed by atoms with Gasteiger partial charge in [-0.15, -0.1) is 0 Å². The zero-order valence-corrected chi connectivity index (χ0v) is 10.8. The second-order valence-electron chi connectivity index (χ2n) is 4.15. The van der Waals surface area contributed by atoms with Crippen LogP contribution >= 0.6 is 11.6 Å². The van der Waals surface area contributed by atoms with Crippen molar-refractivity contribution in [2.24, 2.45) is 0 Å². The molecule has 94 valence electrons. The maximum absolute atomic E-state index is 9.98. The Balaban J connectivity index is 1.80. The molecule has 0 aliphatic carbocycles. The fourth-order valence-corrected chi connectivity index (χ4v) is 1.89. The lowest BCUT2D eigenvalue weighted by Crippen LogP contribution is -2.07. The van der Waals surface area contributed by atoms with Crippen LogP contribution < -0.4 is 5.32 Å². The van der Waals surface area contributed by atoms with Gasteiger partial charge < -0.3 is 10.4 Å². The fourth-order valence-electron chi connectivity index (χ4n) is 1.76. The van der Waals surface area contributed by atoms with E-state index in [9.17, 15) is 5.11 Å². The molecule has 0 amide bonds. The predicted molar refractivity (Wildman–Crippen MR) is 76.0 cm³/mol. The van der Waals surface area contributed by atoms with Gasteiger partial charge in [-0.2, -0.15) is 0 Å². The van der Waals surface area contributed by atoms with E-state index in [0.29, 0.717) is 6.42 Å². The highest BCUT2D eigenvalue weighted by Gasteiger charge is 2.05. The van der Waals surface area contributed by atoms with Gasteiger partial charge in [0.15, 0.2) is 0 Å². The number of rotatable bonds is 5. The maximum Gasteiger partial charge on any atom is 0.0806 e. The van der Waals surface area contributed by atoms with Crippen molar-refractivity contribution in [1.82, 2.24) is 0 Å². The molecule has 0 saturated heterocycles. The first-order chi connectivity index (χ1) is 8.75. The SMILES string of the molecule is O[C@@H](CCNc1ccc(Cl)cc1)c1ccccc1. The summed E-state index contributed by atoms with van der Waals surface area (Å²) in [7, 11) is 0. The standard InChI is InChI=1S/C15H16ClNO/c16-13-6-8-14(9-7-13)17-11-10-15(18)12-4-2-1-3-5-12/h1-9,15,17-18H,10-11H2/t15-/m0/s1. The molecule has 0 radical (unpaired) electrons. The molecule has 0 aliphatic heterocycles. The Kier molecular flexibility index (Phi) is 4.62. The number of anilines is 1. The molecule has 2 nitrogen and oxygen atoms in total. The summed E-state index contributed by atoms with van der Waals surface area (Å²) in [4.78, 5) is 0. The van der Waals surface area contributed by atoms with Gasteiger partial charge in [-0.3, -0.25) is 0 Å². The van der Waals surface area contributed by atoms with E-state index in [2.05, 4.69) is 5.32 Å². The first-order valence-electron chi connectivity index (χ1n) is 5.98. The molecular formula is C15H16ClNO. The largest absolute Gasteiger partial charge is 0.388 e. The van der Waals surface area contributed by atoms with Gasteiger partial charge in [0.2, 0.25) is 0 Å². The molecule has 0 aromatic heterocycles. The smallest absolute Gasteiger partial charge is 0.0806 e. The normalized spacial score (nSPS) is 12.1. The number of aliphatic hydroxyl groups is 1. The van der Waals surface area contributed by atoms with Crippen molar-refractivity contribution in [1.29, 1.82) is 0 Å². The van der Waals surface area contributed by atoms with Crippen LogP contribution in [0.5, 0.6) is 0 Å². The van der Waals surface area contributed by atoms with Crippen molar-refractivity contribution in [3.05, 3.63) is 65.2 Å². The number of hydrogen-bond donors (Lipinski definition) is 2. The molecule has 1 atom stereocenters. The van der Waals surface area contributed by atoms with Crippen molar-refractivity contribution in [3.63, 3.8) is 0 Å². The molecule has 0 unspecified atom stereocenters. The predicted octanol–water partition coefficient (Wildman–Crippen LogP) is 3.88. The molecule has 0 fully saturated rings. The molecule has 0 spiro atoms. The van der Waals surface area contributed by atoms with E-state index in [0.717, 1.165) is 22.8 Å². The molecular weight excluding hydrogens is 246 g/mol. The lowest BCUT2D eigenvalue weighted by Gasteiger charge is -2.12. The van der Waals surface area contributed by atoms with Gasteiger partial charge in [-0.25, -0.2) is 0 Å². The van der Waals surface area contributed by atoms with E-state index in [4.69, 9.17) is 11.6 Å². The Morgan fingerprint density at radius 1 is 1.00 bits per heavy atom. The molecule has 2 N–H and O–H groups in total. The number of nitrogens with one attached hydrogen (secondary N) is 1. The van der Waals surface area contributed by atoms with Crippen LogP contribution in [0, 0.1) is 0 Å². The van der Waals surface area contributed by atoms with E-state index in [1.54, 1.807) is 0 Å². The average Bonchev–Trinajstić information content (AvgIpc) is 2.42. The van der Waals surface area contributed by atoms with Crippen LogP contribution in [0.15, 0.2) is 54.6 Å². The summed E-state index contributed by atoms with van der Waals surface area (Å²) >= 11 is 5.81. The summed E-state index contributed by atoms with van der Waals surface area (Å²) in [5, 5.41) is 14.0. The number of hydrogen-bond acceptors (Lipinski definition) is 2. The molecule has 2 aromatic carbocycles. The second-order valence-corrected chi connectivity index (χ2v) is 4.59. The Labute approximate surface area is 112 Å². The summed E-state index contributed by atoms with van der Waals surface area (Å²) in [6.07, 6.45) is 0.248. The third-order valence-corrected chi connectivity index (χ3v) is 3.03. The van der Waals surface area contributed by atoms with E-state index >= 15 is 0 Å². The zero-order chi connectivity index (χ0) is 12.8. The van der Waals surface area contributed by atoms with E-state index in [-0.39, 0.29) is 0 Å². The van der Waals surface area contributed by atoms with Gasteiger partial charge >= 0.3 is 0 Å².